The van der Waals surface area contributed by atoms with Gasteiger partial charge in [0.2, 0.25) is 5.91 Å². The molecule has 0 spiro atoms. The van der Waals surface area contributed by atoms with Crippen molar-refractivity contribution in [3.63, 3.8) is 0 Å². The summed E-state index contributed by atoms with van der Waals surface area (Å²) >= 11 is 0. The van der Waals surface area contributed by atoms with Gasteiger partial charge in [-0.05, 0) is 61.9 Å². The highest BCUT2D eigenvalue weighted by Crippen LogP contribution is 2.34. The molecule has 0 bridgehead atoms. The van der Waals surface area contributed by atoms with Crippen LogP contribution in [-0.4, -0.2) is 34.1 Å². The minimum absolute atomic E-state index is 0.150. The Hall–Kier alpha value is -3.73. The first-order valence-electron chi connectivity index (χ1n) is 11.4. The molecule has 1 amide bonds. The van der Waals surface area contributed by atoms with E-state index in [1.54, 1.807) is 44.2 Å². The average molecular weight is 535 g/mol. The summed E-state index contributed by atoms with van der Waals surface area (Å²) in [5.41, 5.74) is 0.178. The van der Waals surface area contributed by atoms with Crippen LogP contribution in [0.3, 0.4) is 0 Å². The van der Waals surface area contributed by atoms with Crippen molar-refractivity contribution in [1.82, 2.24) is 5.32 Å². The zero-order valence-corrected chi connectivity index (χ0v) is 20.9. The lowest BCUT2D eigenvalue weighted by molar-refractivity contribution is -0.137. The molecule has 0 saturated heterocycles. The molecule has 1 aliphatic rings. The second-order valence-corrected chi connectivity index (χ2v) is 10.4. The molecule has 37 heavy (non-hydrogen) atoms. The Balaban J connectivity index is 1.62. The number of carbonyl (C=O) groups is 1. The summed E-state index contributed by atoms with van der Waals surface area (Å²) in [5.74, 6) is 0.404. The fraction of sp³-hybridized carbons (Fsp3) is 0.269. The van der Waals surface area contributed by atoms with Gasteiger partial charge in [-0.3, -0.25) is 9.10 Å². The lowest BCUT2D eigenvalue weighted by atomic mass is 10.1. The number of nitrogens with one attached hydrogen (secondary N) is 1. The topological polar surface area (TPSA) is 84.9 Å². The molecule has 11 heteroatoms. The van der Waals surface area contributed by atoms with E-state index in [0.717, 1.165) is 17.7 Å². The molecule has 7 nitrogen and oxygen atoms in total. The molecule has 4 rings (SSSR count). The number of hydrogen-bond donors (Lipinski definition) is 1. The molecule has 0 saturated carbocycles. The van der Waals surface area contributed by atoms with Crippen LogP contribution in [0.1, 0.15) is 29.7 Å². The van der Waals surface area contributed by atoms with Gasteiger partial charge in [0.15, 0.2) is 11.5 Å². The summed E-state index contributed by atoms with van der Waals surface area (Å²) in [6.07, 6.45) is -4.69. The normalized spacial score (nSPS) is 14.1. The second-order valence-electron chi connectivity index (χ2n) is 8.57. The number of nitrogens with zero attached hydrogens (tertiary/aromatic N) is 1. The van der Waals surface area contributed by atoms with Crippen LogP contribution in [0.4, 0.5) is 18.9 Å². The fourth-order valence-electron chi connectivity index (χ4n) is 3.82. The van der Waals surface area contributed by atoms with Gasteiger partial charge < -0.3 is 14.8 Å². The van der Waals surface area contributed by atoms with E-state index in [0.29, 0.717) is 40.6 Å². The van der Waals surface area contributed by atoms with Gasteiger partial charge in [0.1, 0.15) is 19.8 Å². The summed E-state index contributed by atoms with van der Waals surface area (Å²) in [7, 11) is -4.37. The monoisotopic (exact) mass is 534 g/mol. The molecule has 0 aromatic heterocycles. The number of rotatable bonds is 7. The zero-order valence-electron chi connectivity index (χ0n) is 20.1. The molecular weight excluding hydrogens is 509 g/mol. The van der Waals surface area contributed by atoms with Crippen molar-refractivity contribution in [2.75, 3.05) is 24.1 Å². The number of fused-ring (bicyclic) bond motifs is 1. The van der Waals surface area contributed by atoms with Gasteiger partial charge in [0.05, 0.1) is 22.2 Å². The van der Waals surface area contributed by atoms with Crippen molar-refractivity contribution in [2.45, 2.75) is 31.0 Å². The van der Waals surface area contributed by atoms with Gasteiger partial charge in [-0.25, -0.2) is 8.42 Å². The Labute approximate surface area is 212 Å². The molecule has 0 aliphatic carbocycles. The quantitative estimate of drug-likeness (QED) is 0.468. The number of benzene rings is 3. The molecule has 1 heterocycles. The number of sulfonamides is 1. The first kappa shape index (κ1) is 26.3. The van der Waals surface area contributed by atoms with Gasteiger partial charge >= 0.3 is 6.18 Å². The van der Waals surface area contributed by atoms with Gasteiger partial charge in [-0.2, -0.15) is 13.2 Å². The third-order valence-electron chi connectivity index (χ3n) is 5.80. The lowest BCUT2D eigenvalue weighted by Gasteiger charge is -2.26. The maximum absolute atomic E-state index is 13.5. The summed E-state index contributed by atoms with van der Waals surface area (Å²) < 4.78 is 78.8. The predicted molar refractivity (Wildman–Crippen MR) is 131 cm³/mol. The SMILES string of the molecule is Cc1ccc(S(=O)(=O)N(CC(=O)N[C@@H](C)c2ccc3c(c2)OCCO3)c2cccc(C(F)(F)F)c2)cc1. The largest absolute Gasteiger partial charge is 0.486 e. The molecule has 1 N–H and O–H groups in total. The number of halogens is 3. The zero-order chi connectivity index (χ0) is 26.8. The number of ether oxygens (including phenoxy) is 2. The van der Waals surface area contributed by atoms with E-state index in [1.165, 1.54) is 18.2 Å². The lowest BCUT2D eigenvalue weighted by Crippen LogP contribution is -2.41. The van der Waals surface area contributed by atoms with Crippen LogP contribution in [0.25, 0.3) is 0 Å². The van der Waals surface area contributed by atoms with Crippen LogP contribution in [0.2, 0.25) is 0 Å². The van der Waals surface area contributed by atoms with Crippen molar-refractivity contribution in [2.24, 2.45) is 0 Å². The standard InChI is InChI=1S/C26H25F3N2O5S/c1-17-6-9-22(10-7-17)37(33,34)31(21-5-3-4-20(15-21)26(27,28)29)16-25(32)30-18(2)19-8-11-23-24(14-19)36-13-12-35-23/h3-11,14-15,18H,12-13,16H2,1-2H3,(H,30,32)/t18-/m0/s1. The van der Waals surface area contributed by atoms with E-state index in [9.17, 15) is 26.4 Å². The number of aryl methyl sites for hydroxylation is 1. The minimum Gasteiger partial charge on any atom is -0.486 e. The van der Waals surface area contributed by atoms with Gasteiger partial charge in [0.25, 0.3) is 10.0 Å². The molecule has 1 atom stereocenters. The van der Waals surface area contributed by atoms with Crippen molar-refractivity contribution in [3.05, 3.63) is 83.4 Å². The number of alkyl halides is 3. The van der Waals surface area contributed by atoms with Gasteiger partial charge in [0, 0.05) is 0 Å². The summed E-state index contributed by atoms with van der Waals surface area (Å²) in [5, 5.41) is 2.72. The first-order chi connectivity index (χ1) is 17.4. The van der Waals surface area contributed by atoms with E-state index in [4.69, 9.17) is 9.47 Å². The number of amides is 1. The van der Waals surface area contributed by atoms with Crippen molar-refractivity contribution in [3.8, 4) is 11.5 Å². The van der Waals surface area contributed by atoms with E-state index < -0.39 is 40.3 Å². The van der Waals surface area contributed by atoms with E-state index in [2.05, 4.69) is 5.32 Å². The summed E-state index contributed by atoms with van der Waals surface area (Å²) in [6, 6.07) is 14.3. The third-order valence-corrected chi connectivity index (χ3v) is 7.59. The fourth-order valence-corrected chi connectivity index (χ4v) is 5.23. The number of carbonyl (C=O) groups excluding carboxylic acids is 1. The summed E-state index contributed by atoms with van der Waals surface area (Å²) in [4.78, 5) is 12.9. The Morgan fingerprint density at radius 2 is 1.68 bits per heavy atom. The molecule has 0 radical (unpaired) electrons. The molecule has 3 aromatic rings. The second kappa shape index (κ2) is 10.3. The molecular formula is C26H25F3N2O5S. The Kier molecular flexibility index (Phi) is 7.35. The van der Waals surface area contributed by atoms with E-state index in [-0.39, 0.29) is 10.6 Å². The maximum atomic E-state index is 13.5. The molecule has 0 unspecified atom stereocenters. The Bertz CT molecular complexity index is 1390. The van der Waals surface area contributed by atoms with Crippen LogP contribution >= 0.6 is 0 Å². The molecule has 196 valence electrons. The minimum atomic E-state index is -4.69. The maximum Gasteiger partial charge on any atom is 0.416 e. The number of anilines is 1. The van der Waals surface area contributed by atoms with Crippen molar-refractivity contribution >= 4 is 21.6 Å². The summed E-state index contributed by atoms with van der Waals surface area (Å²) in [6.45, 7) is 3.56. The van der Waals surface area contributed by atoms with Crippen LogP contribution in [0.15, 0.2) is 71.6 Å². The molecule has 0 fully saturated rings. The first-order valence-corrected chi connectivity index (χ1v) is 12.8. The number of hydrogen-bond acceptors (Lipinski definition) is 5. The highest BCUT2D eigenvalue weighted by atomic mass is 32.2. The molecule has 1 aliphatic heterocycles. The van der Waals surface area contributed by atoms with Gasteiger partial charge in [-0.15, -0.1) is 0 Å². The van der Waals surface area contributed by atoms with Crippen molar-refractivity contribution < 1.29 is 35.9 Å². The van der Waals surface area contributed by atoms with E-state index in [1.807, 2.05) is 0 Å². The predicted octanol–water partition coefficient (Wildman–Crippen LogP) is 4.86. The molecule has 3 aromatic carbocycles. The van der Waals surface area contributed by atoms with Crippen LogP contribution in [0.5, 0.6) is 11.5 Å². The van der Waals surface area contributed by atoms with Gasteiger partial charge in [-0.1, -0.05) is 29.8 Å². The third kappa shape index (κ3) is 5.99. The van der Waals surface area contributed by atoms with E-state index >= 15 is 0 Å². The average Bonchev–Trinajstić information content (AvgIpc) is 2.86. The van der Waals surface area contributed by atoms with Crippen molar-refractivity contribution in [1.29, 1.82) is 0 Å². The van der Waals surface area contributed by atoms with Crippen LogP contribution < -0.4 is 19.1 Å². The Morgan fingerprint density at radius 1 is 1.00 bits per heavy atom. The Morgan fingerprint density at radius 3 is 2.35 bits per heavy atom. The highest BCUT2D eigenvalue weighted by molar-refractivity contribution is 7.92. The highest BCUT2D eigenvalue weighted by Gasteiger charge is 2.33. The van der Waals surface area contributed by atoms with Crippen LogP contribution in [-0.2, 0) is 21.0 Å². The smallest absolute Gasteiger partial charge is 0.416 e. The van der Waals surface area contributed by atoms with Crippen LogP contribution in [0, 0.1) is 6.92 Å².